The van der Waals surface area contributed by atoms with Gasteiger partial charge in [0.15, 0.2) is 11.7 Å². The van der Waals surface area contributed by atoms with E-state index in [1.54, 1.807) is 12.1 Å². The standard InChI is InChI=1S/C18H18N4O6S/c1-9(16(24)22-12(7-23)17(25)26)6-14-21-13(8-29-14)18(27)28-11-4-2-10(3-5-11)15(19)20/h2-6,8,12,23H,7H2,1H3,(H3,19,20)(H,22,24)(H,25,26)/t12-/m0/s1. The number of amides is 1. The Kier molecular flexibility index (Phi) is 7.17. The molecule has 2 aromatic rings. The van der Waals surface area contributed by atoms with Crippen molar-refractivity contribution in [2.45, 2.75) is 13.0 Å². The van der Waals surface area contributed by atoms with Crippen LogP contribution in [0.15, 0.2) is 35.2 Å². The van der Waals surface area contributed by atoms with E-state index in [-0.39, 0.29) is 22.9 Å². The summed E-state index contributed by atoms with van der Waals surface area (Å²) in [6.07, 6.45) is 1.38. The van der Waals surface area contributed by atoms with Gasteiger partial charge in [0, 0.05) is 16.5 Å². The number of aliphatic hydroxyl groups excluding tert-OH is 1. The first kappa shape index (κ1) is 21.7. The summed E-state index contributed by atoms with van der Waals surface area (Å²) in [4.78, 5) is 39.1. The van der Waals surface area contributed by atoms with Crippen LogP contribution in [-0.2, 0) is 9.59 Å². The first-order chi connectivity index (χ1) is 13.7. The second kappa shape index (κ2) is 9.57. The van der Waals surface area contributed by atoms with Gasteiger partial charge < -0.3 is 26.0 Å². The highest BCUT2D eigenvalue weighted by Crippen LogP contribution is 2.17. The van der Waals surface area contributed by atoms with Crippen LogP contribution in [0.1, 0.15) is 28.0 Å². The number of hydrogen-bond acceptors (Lipinski definition) is 8. The molecule has 152 valence electrons. The van der Waals surface area contributed by atoms with Crippen LogP contribution in [0.4, 0.5) is 0 Å². The highest BCUT2D eigenvalue weighted by atomic mass is 32.1. The van der Waals surface area contributed by atoms with Gasteiger partial charge in [-0.2, -0.15) is 0 Å². The minimum Gasteiger partial charge on any atom is -0.480 e. The van der Waals surface area contributed by atoms with Crippen molar-refractivity contribution in [3.05, 3.63) is 51.5 Å². The number of carboxylic acids is 1. The Morgan fingerprint density at radius 3 is 2.55 bits per heavy atom. The van der Waals surface area contributed by atoms with Crippen molar-refractivity contribution in [3.8, 4) is 5.75 Å². The summed E-state index contributed by atoms with van der Waals surface area (Å²) in [5, 5.41) is 29.1. The number of nitrogens with one attached hydrogen (secondary N) is 2. The number of carbonyl (C=O) groups excluding carboxylic acids is 2. The molecule has 0 aliphatic carbocycles. The second-order valence-corrected chi connectivity index (χ2v) is 6.66. The predicted octanol–water partition coefficient (Wildman–Crippen LogP) is 0.611. The largest absolute Gasteiger partial charge is 0.480 e. The van der Waals surface area contributed by atoms with Crippen molar-refractivity contribution >= 4 is 41.1 Å². The van der Waals surface area contributed by atoms with Crippen molar-refractivity contribution in [2.24, 2.45) is 5.73 Å². The van der Waals surface area contributed by atoms with Crippen LogP contribution >= 0.6 is 11.3 Å². The van der Waals surface area contributed by atoms with Crippen molar-refractivity contribution in [1.82, 2.24) is 10.3 Å². The zero-order valence-corrected chi connectivity index (χ0v) is 16.0. The lowest BCUT2D eigenvalue weighted by Gasteiger charge is -2.11. The molecule has 1 aromatic heterocycles. The highest BCUT2D eigenvalue weighted by molar-refractivity contribution is 7.10. The summed E-state index contributed by atoms with van der Waals surface area (Å²) in [5.74, 6) is -2.60. The monoisotopic (exact) mass is 418 g/mol. The number of benzene rings is 1. The number of ether oxygens (including phenoxy) is 1. The van der Waals surface area contributed by atoms with Crippen molar-refractivity contribution in [1.29, 1.82) is 5.41 Å². The maximum absolute atomic E-state index is 12.2. The Hall–Kier alpha value is -3.57. The quantitative estimate of drug-likeness (QED) is 0.136. The number of nitrogens with two attached hydrogens (primary N) is 1. The van der Waals surface area contributed by atoms with E-state index in [2.05, 4.69) is 10.3 Å². The van der Waals surface area contributed by atoms with E-state index < -0.39 is 30.5 Å². The zero-order chi connectivity index (χ0) is 21.6. The number of rotatable bonds is 8. The molecule has 0 spiro atoms. The lowest BCUT2D eigenvalue weighted by molar-refractivity contribution is -0.142. The smallest absolute Gasteiger partial charge is 0.363 e. The van der Waals surface area contributed by atoms with Crippen molar-refractivity contribution < 1.29 is 29.3 Å². The van der Waals surface area contributed by atoms with E-state index in [0.29, 0.717) is 10.6 Å². The van der Waals surface area contributed by atoms with Crippen LogP contribution in [-0.4, -0.2) is 51.5 Å². The molecular weight excluding hydrogens is 400 g/mol. The molecule has 29 heavy (non-hydrogen) atoms. The average Bonchev–Trinajstić information content (AvgIpc) is 3.14. The maximum Gasteiger partial charge on any atom is 0.363 e. The highest BCUT2D eigenvalue weighted by Gasteiger charge is 2.20. The molecule has 0 fully saturated rings. The fourth-order valence-electron chi connectivity index (χ4n) is 2.02. The normalized spacial score (nSPS) is 12.1. The number of aliphatic hydroxyl groups is 1. The SMILES string of the molecule is CC(=Cc1nc(C(=O)Oc2ccc(C(=N)N)cc2)cs1)C(=O)N[C@@H](CO)C(=O)O. The summed E-state index contributed by atoms with van der Waals surface area (Å²) in [7, 11) is 0. The van der Waals surface area contributed by atoms with Gasteiger partial charge in [0.05, 0.1) is 6.61 Å². The van der Waals surface area contributed by atoms with E-state index in [9.17, 15) is 14.4 Å². The molecule has 1 amide bonds. The van der Waals surface area contributed by atoms with Gasteiger partial charge in [0.1, 0.15) is 16.6 Å². The molecule has 0 aliphatic rings. The fourth-order valence-corrected chi connectivity index (χ4v) is 2.80. The summed E-state index contributed by atoms with van der Waals surface area (Å²) >= 11 is 1.09. The third-order valence-corrected chi connectivity index (χ3v) is 4.38. The van der Waals surface area contributed by atoms with Gasteiger partial charge in [0.2, 0.25) is 5.91 Å². The molecule has 0 aliphatic heterocycles. The molecule has 1 atom stereocenters. The lowest BCUT2D eigenvalue weighted by Crippen LogP contribution is -2.43. The molecule has 0 saturated heterocycles. The number of esters is 1. The average molecular weight is 418 g/mol. The minimum atomic E-state index is -1.41. The van der Waals surface area contributed by atoms with E-state index in [1.807, 2.05) is 0 Å². The summed E-state index contributed by atoms with van der Waals surface area (Å²) < 4.78 is 5.20. The van der Waals surface area contributed by atoms with Crippen LogP contribution in [0.5, 0.6) is 5.75 Å². The third-order valence-electron chi connectivity index (χ3n) is 3.59. The van der Waals surface area contributed by atoms with Crippen LogP contribution in [0.25, 0.3) is 6.08 Å². The van der Waals surface area contributed by atoms with Gasteiger partial charge in [-0.15, -0.1) is 11.3 Å². The van der Waals surface area contributed by atoms with Gasteiger partial charge in [0.25, 0.3) is 0 Å². The number of thiazole rings is 1. The maximum atomic E-state index is 12.2. The van der Waals surface area contributed by atoms with Gasteiger partial charge in [-0.1, -0.05) is 0 Å². The molecular formula is C18H18N4O6S. The number of aliphatic carboxylic acids is 1. The number of aromatic nitrogens is 1. The molecule has 2 rings (SSSR count). The van der Waals surface area contributed by atoms with E-state index in [0.717, 1.165) is 11.3 Å². The van der Waals surface area contributed by atoms with Crippen LogP contribution < -0.4 is 15.8 Å². The van der Waals surface area contributed by atoms with Crippen molar-refractivity contribution in [2.75, 3.05) is 6.61 Å². The Morgan fingerprint density at radius 2 is 2.00 bits per heavy atom. The van der Waals surface area contributed by atoms with Gasteiger partial charge in [-0.25, -0.2) is 14.6 Å². The second-order valence-electron chi connectivity index (χ2n) is 5.77. The number of hydrogen-bond donors (Lipinski definition) is 5. The number of amidine groups is 1. The van der Waals surface area contributed by atoms with E-state index in [1.165, 1.54) is 30.5 Å². The summed E-state index contributed by atoms with van der Waals surface area (Å²) in [6, 6.07) is 4.66. The number of nitrogen functional groups attached to an aromatic ring is 1. The topological polar surface area (TPSA) is 176 Å². The number of carbonyl (C=O) groups is 3. The fraction of sp³-hybridized carbons (Fsp3) is 0.167. The molecule has 10 nitrogen and oxygen atoms in total. The summed E-state index contributed by atoms with van der Waals surface area (Å²) in [6.45, 7) is 0.705. The Labute approximate surface area is 169 Å². The Bertz CT molecular complexity index is 967. The number of nitrogens with zero attached hydrogens (tertiary/aromatic N) is 1. The van der Waals surface area contributed by atoms with Gasteiger partial charge in [-0.3, -0.25) is 10.2 Å². The Balaban J connectivity index is 2.04. The van der Waals surface area contributed by atoms with Gasteiger partial charge in [-0.05, 0) is 37.3 Å². The summed E-state index contributed by atoms with van der Waals surface area (Å²) in [5.41, 5.74) is 6.04. The molecule has 11 heteroatoms. The van der Waals surface area contributed by atoms with Crippen LogP contribution in [0, 0.1) is 5.41 Å². The van der Waals surface area contributed by atoms with Crippen LogP contribution in [0.3, 0.4) is 0 Å². The molecule has 0 bridgehead atoms. The van der Waals surface area contributed by atoms with Crippen LogP contribution in [0.2, 0.25) is 0 Å². The zero-order valence-electron chi connectivity index (χ0n) is 15.2. The minimum absolute atomic E-state index is 0.0314. The third kappa shape index (κ3) is 5.96. The molecule has 0 saturated carbocycles. The molecule has 1 aromatic carbocycles. The first-order valence-corrected chi connectivity index (χ1v) is 9.04. The van der Waals surface area contributed by atoms with E-state index in [4.69, 9.17) is 26.1 Å². The van der Waals surface area contributed by atoms with E-state index >= 15 is 0 Å². The molecule has 1 heterocycles. The number of carboxylic acid groups (broad SMARTS) is 1. The predicted molar refractivity (Wildman–Crippen MR) is 105 cm³/mol. The molecule has 0 radical (unpaired) electrons. The Morgan fingerprint density at radius 1 is 1.34 bits per heavy atom. The van der Waals surface area contributed by atoms with Gasteiger partial charge >= 0.3 is 11.9 Å². The first-order valence-electron chi connectivity index (χ1n) is 8.16. The lowest BCUT2D eigenvalue weighted by atomic mass is 10.2. The molecule has 6 N–H and O–H groups in total. The van der Waals surface area contributed by atoms with Crippen molar-refractivity contribution in [3.63, 3.8) is 0 Å². The molecule has 0 unspecified atom stereocenters.